The quantitative estimate of drug-likeness (QED) is 0.829. The van der Waals surface area contributed by atoms with Crippen LogP contribution in [0.25, 0.3) is 0 Å². The first-order chi connectivity index (χ1) is 9.22. The van der Waals surface area contributed by atoms with Gasteiger partial charge in [-0.15, -0.1) is 0 Å². The second-order valence-corrected chi connectivity index (χ2v) is 4.74. The number of hydrogen-bond acceptors (Lipinski definition) is 4. The highest BCUT2D eigenvalue weighted by atomic mass is 16.3. The van der Waals surface area contributed by atoms with E-state index < -0.39 is 0 Å². The van der Waals surface area contributed by atoms with Crippen molar-refractivity contribution in [1.82, 2.24) is 20.1 Å². The van der Waals surface area contributed by atoms with Crippen molar-refractivity contribution in [2.75, 3.05) is 6.61 Å². The van der Waals surface area contributed by atoms with Crippen LogP contribution in [0.4, 0.5) is 0 Å². The summed E-state index contributed by atoms with van der Waals surface area (Å²) in [5.41, 5.74) is 1.07. The maximum absolute atomic E-state index is 9.48. The Morgan fingerprint density at radius 3 is 2.63 bits per heavy atom. The molecule has 1 aromatic heterocycles. The molecule has 0 spiro atoms. The lowest BCUT2D eigenvalue weighted by Gasteiger charge is -2.17. The Bertz CT molecular complexity index is 495. The van der Waals surface area contributed by atoms with Crippen molar-refractivity contribution in [2.45, 2.75) is 32.5 Å². The van der Waals surface area contributed by atoms with Gasteiger partial charge in [0.05, 0.1) is 19.2 Å². The Hall–Kier alpha value is -1.72. The molecule has 1 heterocycles. The number of aromatic nitrogens is 3. The van der Waals surface area contributed by atoms with E-state index >= 15 is 0 Å². The van der Waals surface area contributed by atoms with Gasteiger partial charge >= 0.3 is 0 Å². The van der Waals surface area contributed by atoms with Crippen LogP contribution in [0.15, 0.2) is 36.7 Å². The fraction of sp³-hybridized carbons (Fsp3) is 0.429. The predicted molar refractivity (Wildman–Crippen MR) is 73.5 cm³/mol. The second-order valence-electron chi connectivity index (χ2n) is 4.74. The Balaban J connectivity index is 2.02. The molecule has 1 unspecified atom stereocenters. The topological polar surface area (TPSA) is 63.0 Å². The molecule has 2 aromatic rings. The third kappa shape index (κ3) is 3.39. The van der Waals surface area contributed by atoms with E-state index in [1.807, 2.05) is 35.0 Å². The zero-order chi connectivity index (χ0) is 13.7. The first-order valence-electron chi connectivity index (χ1n) is 6.50. The van der Waals surface area contributed by atoms with Crippen LogP contribution in [-0.2, 0) is 6.54 Å². The Labute approximate surface area is 113 Å². The van der Waals surface area contributed by atoms with Crippen LogP contribution in [0.3, 0.4) is 0 Å². The first kappa shape index (κ1) is 13.7. The summed E-state index contributed by atoms with van der Waals surface area (Å²) in [6.45, 7) is 4.77. The molecule has 0 saturated carbocycles. The van der Waals surface area contributed by atoms with Crippen molar-refractivity contribution in [3.8, 4) is 0 Å². The molecule has 0 bridgehead atoms. The molecule has 0 aliphatic carbocycles. The summed E-state index contributed by atoms with van der Waals surface area (Å²) in [6.07, 6.45) is 1.56. The minimum atomic E-state index is -0.0847. The van der Waals surface area contributed by atoms with Crippen molar-refractivity contribution in [3.05, 3.63) is 48.0 Å². The van der Waals surface area contributed by atoms with Gasteiger partial charge in [0, 0.05) is 6.04 Å². The molecule has 1 atom stereocenters. The molecule has 19 heavy (non-hydrogen) atoms. The highest BCUT2D eigenvalue weighted by Gasteiger charge is 2.12. The number of rotatable bonds is 6. The smallest absolute Gasteiger partial charge is 0.141 e. The Morgan fingerprint density at radius 2 is 2.00 bits per heavy atom. The van der Waals surface area contributed by atoms with E-state index in [0.717, 1.165) is 11.4 Å². The number of benzene rings is 1. The first-order valence-corrected chi connectivity index (χ1v) is 6.50. The molecule has 5 nitrogen and oxygen atoms in total. The molecule has 0 fully saturated rings. The van der Waals surface area contributed by atoms with Crippen LogP contribution >= 0.6 is 0 Å². The minimum Gasteiger partial charge on any atom is -0.394 e. The van der Waals surface area contributed by atoms with Gasteiger partial charge in [-0.05, 0) is 19.4 Å². The van der Waals surface area contributed by atoms with Crippen LogP contribution < -0.4 is 5.32 Å². The molecular formula is C14H20N4O. The Kier molecular flexibility index (Phi) is 4.65. The molecule has 2 rings (SSSR count). The summed E-state index contributed by atoms with van der Waals surface area (Å²) < 4.78 is 1.88. The lowest BCUT2D eigenvalue weighted by Crippen LogP contribution is -2.26. The molecule has 0 amide bonds. The van der Waals surface area contributed by atoms with Crippen molar-refractivity contribution < 1.29 is 5.11 Å². The van der Waals surface area contributed by atoms with Gasteiger partial charge in [0.1, 0.15) is 12.2 Å². The summed E-state index contributed by atoms with van der Waals surface area (Å²) >= 11 is 0. The van der Waals surface area contributed by atoms with Crippen molar-refractivity contribution in [1.29, 1.82) is 0 Å². The molecule has 0 aliphatic heterocycles. The van der Waals surface area contributed by atoms with E-state index in [4.69, 9.17) is 0 Å². The number of aliphatic hydroxyl groups excluding tert-OH is 1. The fourth-order valence-electron chi connectivity index (χ4n) is 2.02. The summed E-state index contributed by atoms with van der Waals surface area (Å²) in [7, 11) is 0. The SMILES string of the molecule is CC(C)n1ncnc1CNC(CO)c1ccccc1. The van der Waals surface area contributed by atoms with E-state index in [-0.39, 0.29) is 18.7 Å². The fourth-order valence-corrected chi connectivity index (χ4v) is 2.02. The standard InChI is InChI=1S/C14H20N4O/c1-11(2)18-14(16-10-17-18)8-15-13(9-19)12-6-4-3-5-7-12/h3-7,10-11,13,15,19H,8-9H2,1-2H3. The number of aliphatic hydroxyl groups is 1. The van der Waals surface area contributed by atoms with E-state index in [9.17, 15) is 5.11 Å². The van der Waals surface area contributed by atoms with Crippen LogP contribution in [0.2, 0.25) is 0 Å². The lowest BCUT2D eigenvalue weighted by atomic mass is 10.1. The third-order valence-electron chi connectivity index (χ3n) is 3.03. The Morgan fingerprint density at radius 1 is 1.26 bits per heavy atom. The maximum Gasteiger partial charge on any atom is 0.141 e. The number of nitrogens with zero attached hydrogens (tertiary/aromatic N) is 3. The second kappa shape index (κ2) is 6.45. The molecule has 0 radical (unpaired) electrons. The lowest BCUT2D eigenvalue weighted by molar-refractivity contribution is 0.242. The zero-order valence-corrected chi connectivity index (χ0v) is 11.3. The monoisotopic (exact) mass is 260 g/mol. The van der Waals surface area contributed by atoms with Gasteiger partial charge in [-0.25, -0.2) is 9.67 Å². The van der Waals surface area contributed by atoms with Gasteiger partial charge in [-0.2, -0.15) is 5.10 Å². The van der Waals surface area contributed by atoms with E-state index in [2.05, 4.69) is 29.2 Å². The molecule has 0 aliphatic rings. The van der Waals surface area contributed by atoms with E-state index in [0.29, 0.717) is 6.54 Å². The average Bonchev–Trinajstić information content (AvgIpc) is 2.89. The third-order valence-corrected chi connectivity index (χ3v) is 3.03. The van der Waals surface area contributed by atoms with Crippen LogP contribution in [0, 0.1) is 0 Å². The molecule has 102 valence electrons. The number of hydrogen-bond donors (Lipinski definition) is 2. The summed E-state index contributed by atoms with van der Waals surface area (Å²) in [5, 5.41) is 17.0. The normalized spacial score (nSPS) is 12.8. The van der Waals surface area contributed by atoms with Gasteiger partial charge in [-0.3, -0.25) is 0 Å². The summed E-state index contributed by atoms with van der Waals surface area (Å²) in [6, 6.07) is 10.1. The number of nitrogens with one attached hydrogen (secondary N) is 1. The molecule has 1 aromatic carbocycles. The van der Waals surface area contributed by atoms with E-state index in [1.54, 1.807) is 6.33 Å². The van der Waals surface area contributed by atoms with Crippen LogP contribution in [-0.4, -0.2) is 26.5 Å². The van der Waals surface area contributed by atoms with Gasteiger partial charge in [-0.1, -0.05) is 30.3 Å². The summed E-state index contributed by atoms with van der Waals surface area (Å²) in [4.78, 5) is 4.25. The zero-order valence-electron chi connectivity index (χ0n) is 11.3. The molecular weight excluding hydrogens is 240 g/mol. The van der Waals surface area contributed by atoms with Gasteiger partial charge < -0.3 is 10.4 Å². The highest BCUT2D eigenvalue weighted by Crippen LogP contribution is 2.13. The predicted octanol–water partition coefficient (Wildman–Crippen LogP) is 1.68. The van der Waals surface area contributed by atoms with Crippen LogP contribution in [0.5, 0.6) is 0 Å². The maximum atomic E-state index is 9.48. The van der Waals surface area contributed by atoms with E-state index in [1.165, 1.54) is 0 Å². The van der Waals surface area contributed by atoms with Crippen molar-refractivity contribution in [3.63, 3.8) is 0 Å². The minimum absolute atomic E-state index is 0.0554. The highest BCUT2D eigenvalue weighted by molar-refractivity contribution is 5.18. The average molecular weight is 260 g/mol. The largest absolute Gasteiger partial charge is 0.394 e. The molecule has 0 saturated heterocycles. The van der Waals surface area contributed by atoms with Gasteiger partial charge in [0.25, 0.3) is 0 Å². The molecule has 2 N–H and O–H groups in total. The van der Waals surface area contributed by atoms with Gasteiger partial charge in [0.2, 0.25) is 0 Å². The van der Waals surface area contributed by atoms with Crippen LogP contribution in [0.1, 0.15) is 37.3 Å². The van der Waals surface area contributed by atoms with Crippen molar-refractivity contribution >= 4 is 0 Å². The summed E-state index contributed by atoms with van der Waals surface area (Å²) in [5.74, 6) is 0.879. The molecule has 5 heteroatoms. The van der Waals surface area contributed by atoms with Crippen molar-refractivity contribution in [2.24, 2.45) is 0 Å². The van der Waals surface area contributed by atoms with Gasteiger partial charge in [0.15, 0.2) is 0 Å².